The van der Waals surface area contributed by atoms with Gasteiger partial charge < -0.3 is 4.74 Å². The van der Waals surface area contributed by atoms with E-state index in [1.807, 2.05) is 0 Å². The molecule has 1 heterocycles. The lowest BCUT2D eigenvalue weighted by Crippen LogP contribution is -1.98. The quantitative estimate of drug-likeness (QED) is 0.538. The molecule has 0 amide bonds. The van der Waals surface area contributed by atoms with Crippen molar-refractivity contribution in [1.82, 2.24) is 10.2 Å². The second-order valence-electron chi connectivity index (χ2n) is 2.12. The Kier molecular flexibility index (Phi) is 3.07. The molecule has 0 aliphatic rings. The summed E-state index contributed by atoms with van der Waals surface area (Å²) >= 11 is 0. The van der Waals surface area contributed by atoms with Crippen molar-refractivity contribution in [2.75, 3.05) is 6.61 Å². The number of hydrogen-bond acceptors (Lipinski definition) is 3. The highest BCUT2D eigenvalue weighted by Gasteiger charge is 1.93. The number of hydrogen-bond donors (Lipinski definition) is 1. The zero-order valence-corrected chi connectivity index (χ0v) is 6.78. The summed E-state index contributed by atoms with van der Waals surface area (Å²) in [6.07, 6.45) is 6.32. The molecular weight excluding hydrogens is 156 g/mol. The van der Waals surface area contributed by atoms with Crippen molar-refractivity contribution in [3.63, 3.8) is 0 Å². The predicted molar refractivity (Wildman–Crippen MR) is 44.3 cm³/mol. The van der Waals surface area contributed by atoms with Crippen LogP contribution in [-0.4, -0.2) is 22.8 Å². The number of carbonyl (C=O) groups is 1. The van der Waals surface area contributed by atoms with Gasteiger partial charge in [0.15, 0.2) is 0 Å². The van der Waals surface area contributed by atoms with E-state index in [2.05, 4.69) is 14.9 Å². The van der Waals surface area contributed by atoms with Crippen LogP contribution >= 0.6 is 0 Å². The van der Waals surface area contributed by atoms with Crippen LogP contribution in [0.1, 0.15) is 12.5 Å². The van der Waals surface area contributed by atoms with E-state index in [0.29, 0.717) is 6.61 Å². The number of ether oxygens (including phenoxy) is 1. The summed E-state index contributed by atoms with van der Waals surface area (Å²) in [6, 6.07) is 0. The van der Waals surface area contributed by atoms with Crippen molar-refractivity contribution in [1.29, 1.82) is 0 Å². The largest absolute Gasteiger partial charge is 0.463 e. The van der Waals surface area contributed by atoms with E-state index in [1.54, 1.807) is 25.4 Å². The topological polar surface area (TPSA) is 55.0 Å². The monoisotopic (exact) mass is 166 g/mol. The molecule has 0 radical (unpaired) electrons. The number of aromatic nitrogens is 2. The van der Waals surface area contributed by atoms with Gasteiger partial charge in [0.05, 0.1) is 12.8 Å². The first kappa shape index (κ1) is 8.52. The Morgan fingerprint density at radius 3 is 3.25 bits per heavy atom. The van der Waals surface area contributed by atoms with Crippen LogP contribution in [0.2, 0.25) is 0 Å². The average Bonchev–Trinajstić information content (AvgIpc) is 2.53. The molecule has 1 rings (SSSR count). The van der Waals surface area contributed by atoms with Gasteiger partial charge in [0.1, 0.15) is 0 Å². The van der Waals surface area contributed by atoms with E-state index < -0.39 is 0 Å². The smallest absolute Gasteiger partial charge is 0.330 e. The van der Waals surface area contributed by atoms with Gasteiger partial charge >= 0.3 is 5.97 Å². The first-order valence-electron chi connectivity index (χ1n) is 3.66. The molecule has 0 fully saturated rings. The number of carbonyl (C=O) groups excluding carboxylic acids is 1. The lowest BCUT2D eigenvalue weighted by atomic mass is 10.3. The molecule has 0 saturated carbocycles. The van der Waals surface area contributed by atoms with Gasteiger partial charge in [-0.1, -0.05) is 0 Å². The van der Waals surface area contributed by atoms with Crippen molar-refractivity contribution >= 4 is 12.0 Å². The summed E-state index contributed by atoms with van der Waals surface area (Å²) < 4.78 is 4.68. The van der Waals surface area contributed by atoms with E-state index in [1.165, 1.54) is 6.08 Å². The number of rotatable bonds is 3. The van der Waals surface area contributed by atoms with Crippen molar-refractivity contribution in [3.8, 4) is 0 Å². The van der Waals surface area contributed by atoms with Crippen LogP contribution in [0.15, 0.2) is 18.5 Å². The Bertz CT molecular complexity index is 265. The predicted octanol–water partition coefficient (Wildman–Crippen LogP) is 0.986. The van der Waals surface area contributed by atoms with Gasteiger partial charge in [-0.2, -0.15) is 5.10 Å². The van der Waals surface area contributed by atoms with E-state index in [-0.39, 0.29) is 5.97 Å². The Morgan fingerprint density at radius 1 is 1.83 bits per heavy atom. The molecule has 1 N–H and O–H groups in total. The first-order chi connectivity index (χ1) is 5.83. The Hall–Kier alpha value is -1.58. The van der Waals surface area contributed by atoms with Crippen molar-refractivity contribution in [2.24, 2.45) is 0 Å². The van der Waals surface area contributed by atoms with Crippen molar-refractivity contribution in [2.45, 2.75) is 6.92 Å². The lowest BCUT2D eigenvalue weighted by Gasteiger charge is -1.92. The first-order valence-corrected chi connectivity index (χ1v) is 3.66. The fourth-order valence-electron chi connectivity index (χ4n) is 0.707. The molecule has 4 nitrogen and oxygen atoms in total. The minimum absolute atomic E-state index is 0.335. The third kappa shape index (κ3) is 2.57. The number of H-pyrrole nitrogens is 1. The maximum absolute atomic E-state index is 10.8. The standard InChI is InChI=1S/C8H10N2O2/c1-2-12-8(11)4-3-7-5-9-10-6-7/h3-6H,2H2,1H3,(H,9,10). The molecule has 0 saturated heterocycles. The average molecular weight is 166 g/mol. The number of esters is 1. The molecule has 0 bridgehead atoms. The van der Waals surface area contributed by atoms with Crippen molar-refractivity contribution in [3.05, 3.63) is 24.0 Å². The lowest BCUT2D eigenvalue weighted by molar-refractivity contribution is -0.137. The highest BCUT2D eigenvalue weighted by atomic mass is 16.5. The zero-order chi connectivity index (χ0) is 8.81. The van der Waals surface area contributed by atoms with Crippen LogP contribution in [-0.2, 0) is 9.53 Å². The SMILES string of the molecule is CCOC(=O)C=Cc1cn[nH]c1. The summed E-state index contributed by atoms with van der Waals surface area (Å²) in [5.74, 6) is -0.335. The zero-order valence-electron chi connectivity index (χ0n) is 6.78. The molecule has 0 atom stereocenters. The molecule has 0 aliphatic carbocycles. The van der Waals surface area contributed by atoms with Crippen LogP contribution in [0.25, 0.3) is 6.08 Å². The van der Waals surface area contributed by atoms with E-state index in [9.17, 15) is 4.79 Å². The molecule has 12 heavy (non-hydrogen) atoms. The Labute approximate surface area is 70.2 Å². The minimum Gasteiger partial charge on any atom is -0.463 e. The van der Waals surface area contributed by atoms with Gasteiger partial charge in [-0.05, 0) is 13.0 Å². The molecular formula is C8H10N2O2. The molecule has 0 spiro atoms. The number of nitrogens with zero attached hydrogens (tertiary/aromatic N) is 1. The summed E-state index contributed by atoms with van der Waals surface area (Å²) in [6.45, 7) is 2.16. The van der Waals surface area contributed by atoms with Gasteiger partial charge in [0.2, 0.25) is 0 Å². The maximum atomic E-state index is 10.8. The van der Waals surface area contributed by atoms with E-state index in [4.69, 9.17) is 0 Å². The highest BCUT2D eigenvalue weighted by Crippen LogP contribution is 1.96. The van der Waals surface area contributed by atoms with Crippen LogP contribution in [0, 0.1) is 0 Å². The number of nitrogens with one attached hydrogen (secondary N) is 1. The summed E-state index contributed by atoms with van der Waals surface area (Å²) in [5.41, 5.74) is 0.850. The Morgan fingerprint density at radius 2 is 2.67 bits per heavy atom. The molecule has 0 unspecified atom stereocenters. The molecule has 4 heteroatoms. The highest BCUT2D eigenvalue weighted by molar-refractivity contribution is 5.86. The van der Waals surface area contributed by atoms with Gasteiger partial charge in [-0.15, -0.1) is 0 Å². The fraction of sp³-hybridized carbons (Fsp3) is 0.250. The second kappa shape index (κ2) is 4.33. The van der Waals surface area contributed by atoms with Crippen LogP contribution in [0.3, 0.4) is 0 Å². The Balaban J connectivity index is 2.45. The fourth-order valence-corrected chi connectivity index (χ4v) is 0.707. The van der Waals surface area contributed by atoms with Crippen LogP contribution in [0.4, 0.5) is 0 Å². The van der Waals surface area contributed by atoms with Gasteiger partial charge in [0.25, 0.3) is 0 Å². The second-order valence-corrected chi connectivity index (χ2v) is 2.12. The van der Waals surface area contributed by atoms with Gasteiger partial charge in [0, 0.05) is 17.8 Å². The molecule has 0 aliphatic heterocycles. The van der Waals surface area contributed by atoms with E-state index >= 15 is 0 Å². The summed E-state index contributed by atoms with van der Waals surface area (Å²) in [4.78, 5) is 10.8. The minimum atomic E-state index is -0.335. The molecule has 64 valence electrons. The third-order valence-electron chi connectivity index (χ3n) is 1.22. The molecule has 1 aromatic rings. The third-order valence-corrected chi connectivity index (χ3v) is 1.22. The maximum Gasteiger partial charge on any atom is 0.330 e. The molecule has 1 aromatic heterocycles. The van der Waals surface area contributed by atoms with Gasteiger partial charge in [-0.25, -0.2) is 4.79 Å². The van der Waals surface area contributed by atoms with Crippen LogP contribution in [0.5, 0.6) is 0 Å². The summed E-state index contributed by atoms with van der Waals surface area (Å²) in [5, 5.41) is 6.35. The van der Waals surface area contributed by atoms with E-state index in [0.717, 1.165) is 5.56 Å². The summed E-state index contributed by atoms with van der Waals surface area (Å²) in [7, 11) is 0. The normalized spacial score (nSPS) is 10.4. The number of aromatic amines is 1. The van der Waals surface area contributed by atoms with Gasteiger partial charge in [-0.3, -0.25) is 5.10 Å². The molecule has 0 aromatic carbocycles. The van der Waals surface area contributed by atoms with Crippen molar-refractivity contribution < 1.29 is 9.53 Å². The van der Waals surface area contributed by atoms with Crippen LogP contribution < -0.4 is 0 Å².